The molecule has 6 nitrogen and oxygen atoms in total. The molecule has 2 unspecified atom stereocenters. The van der Waals surface area contributed by atoms with Crippen molar-refractivity contribution in [1.29, 1.82) is 0 Å². The number of aliphatic hydroxyl groups is 2. The molecule has 3 N–H and O–H groups in total. The highest BCUT2D eigenvalue weighted by molar-refractivity contribution is 5.92. The highest BCUT2D eigenvalue weighted by Crippen LogP contribution is 2.73. The van der Waals surface area contributed by atoms with E-state index in [1.807, 2.05) is 13.0 Å². The van der Waals surface area contributed by atoms with Crippen molar-refractivity contribution in [2.24, 2.45) is 22.7 Å². The molecule has 0 aromatic heterocycles. The third-order valence-electron chi connectivity index (χ3n) is 8.95. The molecule has 0 amide bonds. The van der Waals surface area contributed by atoms with Crippen molar-refractivity contribution in [3.63, 3.8) is 0 Å². The number of carbonyl (C=O) groups excluding carboxylic acids is 1. The third kappa shape index (κ3) is 2.11. The van der Waals surface area contributed by atoms with E-state index in [0.29, 0.717) is 24.8 Å². The number of hydrogen-bond acceptors (Lipinski definition) is 5. The van der Waals surface area contributed by atoms with E-state index in [9.17, 15) is 19.8 Å². The summed E-state index contributed by atoms with van der Waals surface area (Å²) in [5, 5.41) is 31.6. The van der Waals surface area contributed by atoms with Crippen LogP contribution in [-0.4, -0.2) is 50.7 Å². The lowest BCUT2D eigenvalue weighted by molar-refractivity contribution is -0.199. The molecule has 0 aromatic rings. The summed E-state index contributed by atoms with van der Waals surface area (Å²) >= 11 is 0. The number of carboxylic acid groups (broad SMARTS) is 1. The Balaban J connectivity index is 1.62. The summed E-state index contributed by atoms with van der Waals surface area (Å²) in [7, 11) is 0. The zero-order chi connectivity index (χ0) is 20.8. The molecule has 3 fully saturated rings. The highest BCUT2D eigenvalue weighted by Gasteiger charge is 2.79. The van der Waals surface area contributed by atoms with Gasteiger partial charge in [-0.1, -0.05) is 19.1 Å². The summed E-state index contributed by atoms with van der Waals surface area (Å²) < 4.78 is 22.9. The standard InChI is InChI=1S/C22H27FO6/c1-19-7-4-13(24)10-12(19)2-3-15-14-5-8-20(28,9-6-17(25)26)21(14)11-16(22(15,19)23)29-18(21)27/h2-3,10,14-16,18,27-28H,4-9,11H2,1H3,(H,25,26)/t14-,15-,16?,18?,19-,20+,21-,22-/m0/s1. The Morgan fingerprint density at radius 2 is 2.14 bits per heavy atom. The Labute approximate surface area is 168 Å². The minimum absolute atomic E-state index is 0.00869. The largest absolute Gasteiger partial charge is 0.481 e. The fourth-order valence-corrected chi connectivity index (χ4v) is 7.42. The van der Waals surface area contributed by atoms with Gasteiger partial charge in [-0.2, -0.15) is 0 Å². The van der Waals surface area contributed by atoms with Gasteiger partial charge in [-0.15, -0.1) is 0 Å². The predicted molar refractivity (Wildman–Crippen MR) is 99.4 cm³/mol. The van der Waals surface area contributed by atoms with Crippen LogP contribution in [-0.2, 0) is 14.3 Å². The number of allylic oxidation sites excluding steroid dienone is 4. The van der Waals surface area contributed by atoms with E-state index in [1.165, 1.54) is 6.08 Å². The van der Waals surface area contributed by atoms with Crippen molar-refractivity contribution in [3.8, 4) is 0 Å². The maximum atomic E-state index is 17.1. The zero-order valence-electron chi connectivity index (χ0n) is 16.4. The first-order valence-electron chi connectivity index (χ1n) is 10.5. The Hall–Kier alpha value is -1.57. The number of aliphatic carboxylic acids is 1. The molecule has 5 rings (SSSR count). The van der Waals surface area contributed by atoms with E-state index >= 15 is 4.39 Å². The summed E-state index contributed by atoms with van der Waals surface area (Å²) in [4.78, 5) is 23.1. The predicted octanol–water partition coefficient (Wildman–Crippen LogP) is 2.29. The second-order valence-electron chi connectivity index (χ2n) is 9.84. The number of rotatable bonds is 3. The van der Waals surface area contributed by atoms with Gasteiger partial charge < -0.3 is 20.1 Å². The van der Waals surface area contributed by atoms with Gasteiger partial charge in [-0.3, -0.25) is 9.59 Å². The molecule has 1 aliphatic heterocycles. The quantitative estimate of drug-likeness (QED) is 0.664. The maximum Gasteiger partial charge on any atom is 0.303 e. The van der Waals surface area contributed by atoms with Crippen LogP contribution in [0.25, 0.3) is 0 Å². The number of hydrogen-bond donors (Lipinski definition) is 3. The number of ketones is 1. The molecular formula is C22H27FO6. The van der Waals surface area contributed by atoms with Crippen molar-refractivity contribution in [1.82, 2.24) is 0 Å². The van der Waals surface area contributed by atoms with Crippen LogP contribution in [0.15, 0.2) is 23.8 Å². The Morgan fingerprint density at radius 3 is 2.86 bits per heavy atom. The van der Waals surface area contributed by atoms with E-state index in [1.54, 1.807) is 6.08 Å². The fraction of sp³-hybridized carbons (Fsp3) is 0.727. The Kier molecular flexibility index (Phi) is 3.86. The van der Waals surface area contributed by atoms with Crippen LogP contribution in [0.1, 0.15) is 51.9 Å². The van der Waals surface area contributed by atoms with Crippen LogP contribution in [0, 0.1) is 22.7 Å². The number of fused-ring (bicyclic) bond motifs is 6. The SMILES string of the molecule is C[C@]12CCC(=O)C=C1C=C[C@H]1[C@@H]3CC[C@@](O)(CCC(=O)O)[C@@]34CC(OC4O)[C@@]12F. The lowest BCUT2D eigenvalue weighted by Crippen LogP contribution is -2.66. The summed E-state index contributed by atoms with van der Waals surface area (Å²) in [5.74, 6) is -1.93. The van der Waals surface area contributed by atoms with Crippen molar-refractivity contribution in [3.05, 3.63) is 23.8 Å². The van der Waals surface area contributed by atoms with Crippen LogP contribution in [0.3, 0.4) is 0 Å². The van der Waals surface area contributed by atoms with Gasteiger partial charge in [-0.25, -0.2) is 4.39 Å². The van der Waals surface area contributed by atoms with Crippen LogP contribution < -0.4 is 0 Å². The second kappa shape index (κ2) is 5.77. The third-order valence-corrected chi connectivity index (χ3v) is 8.95. The van der Waals surface area contributed by atoms with Gasteiger partial charge in [0.2, 0.25) is 0 Å². The first-order valence-corrected chi connectivity index (χ1v) is 10.5. The summed E-state index contributed by atoms with van der Waals surface area (Å²) in [6, 6.07) is 0. The number of carboxylic acids is 1. The van der Waals surface area contributed by atoms with Gasteiger partial charge in [0.1, 0.15) is 0 Å². The average Bonchev–Trinajstić information content (AvgIpc) is 3.14. The zero-order valence-corrected chi connectivity index (χ0v) is 16.4. The molecule has 5 aliphatic rings. The normalized spacial score (nSPS) is 52.6. The van der Waals surface area contributed by atoms with E-state index in [4.69, 9.17) is 9.84 Å². The minimum Gasteiger partial charge on any atom is -0.481 e. The topological polar surface area (TPSA) is 104 Å². The van der Waals surface area contributed by atoms with Crippen molar-refractivity contribution in [2.75, 3.05) is 0 Å². The van der Waals surface area contributed by atoms with E-state index < -0.39 is 46.4 Å². The van der Waals surface area contributed by atoms with Gasteiger partial charge in [-0.05, 0) is 49.7 Å². The minimum atomic E-state index is -1.79. The number of halogens is 1. The van der Waals surface area contributed by atoms with E-state index in [2.05, 4.69) is 0 Å². The first kappa shape index (κ1) is 19.4. The molecule has 7 heteroatoms. The summed E-state index contributed by atoms with van der Waals surface area (Å²) in [5.41, 5.74) is -4.50. The van der Waals surface area contributed by atoms with Gasteiger partial charge in [0, 0.05) is 24.2 Å². The van der Waals surface area contributed by atoms with Crippen LogP contribution in [0.5, 0.6) is 0 Å². The molecule has 1 spiro atoms. The molecule has 158 valence electrons. The van der Waals surface area contributed by atoms with Crippen LogP contribution in [0.4, 0.5) is 4.39 Å². The maximum absolute atomic E-state index is 17.1. The molecule has 8 atom stereocenters. The van der Waals surface area contributed by atoms with Crippen LogP contribution in [0.2, 0.25) is 0 Å². The monoisotopic (exact) mass is 406 g/mol. The first-order chi connectivity index (χ1) is 13.6. The van der Waals surface area contributed by atoms with Gasteiger partial charge in [0.25, 0.3) is 0 Å². The van der Waals surface area contributed by atoms with Gasteiger partial charge >= 0.3 is 5.97 Å². The molecule has 0 aromatic carbocycles. The lowest BCUT2D eigenvalue weighted by Gasteiger charge is -2.59. The molecule has 29 heavy (non-hydrogen) atoms. The van der Waals surface area contributed by atoms with Crippen molar-refractivity contribution in [2.45, 2.75) is 75.5 Å². The molecular weight excluding hydrogens is 379 g/mol. The molecule has 0 radical (unpaired) electrons. The van der Waals surface area contributed by atoms with Gasteiger partial charge in [0.15, 0.2) is 17.7 Å². The number of alkyl halides is 1. The molecule has 1 saturated heterocycles. The summed E-state index contributed by atoms with van der Waals surface area (Å²) in [6.45, 7) is 1.84. The lowest BCUT2D eigenvalue weighted by atomic mass is 9.46. The average molecular weight is 406 g/mol. The molecule has 1 heterocycles. The number of carbonyl (C=O) groups is 2. The Morgan fingerprint density at radius 1 is 1.38 bits per heavy atom. The second-order valence-corrected chi connectivity index (χ2v) is 9.84. The smallest absolute Gasteiger partial charge is 0.303 e. The van der Waals surface area contributed by atoms with E-state index in [0.717, 1.165) is 0 Å². The Bertz CT molecular complexity index is 852. The van der Waals surface area contributed by atoms with Crippen molar-refractivity contribution >= 4 is 11.8 Å². The molecule has 2 bridgehead atoms. The van der Waals surface area contributed by atoms with Crippen LogP contribution >= 0.6 is 0 Å². The van der Waals surface area contributed by atoms with Gasteiger partial charge in [0.05, 0.1) is 17.1 Å². The van der Waals surface area contributed by atoms with Crippen molar-refractivity contribution < 1.29 is 34.0 Å². The molecule has 4 aliphatic carbocycles. The molecule has 2 saturated carbocycles. The van der Waals surface area contributed by atoms with E-state index in [-0.39, 0.29) is 37.4 Å². The number of aliphatic hydroxyl groups excluding tert-OH is 1. The summed E-state index contributed by atoms with van der Waals surface area (Å²) in [6.07, 6.45) is 4.33. The highest BCUT2D eigenvalue weighted by atomic mass is 19.1. The fourth-order valence-electron chi connectivity index (χ4n) is 7.42. The number of ether oxygens (including phenoxy) is 1.